The number of rotatable bonds is 4. The second kappa shape index (κ2) is 5.42. The van der Waals surface area contributed by atoms with Crippen LogP contribution in [0.3, 0.4) is 0 Å². The van der Waals surface area contributed by atoms with Crippen LogP contribution in [0.15, 0.2) is 0 Å². The maximum absolute atomic E-state index is 11.5. The first-order chi connectivity index (χ1) is 8.99. The third-order valence-electron chi connectivity index (χ3n) is 3.77. The summed E-state index contributed by atoms with van der Waals surface area (Å²) >= 11 is 1.29. The number of carboxylic acid groups (broad SMARTS) is 1. The maximum atomic E-state index is 11.5. The molecule has 0 aromatic carbocycles. The van der Waals surface area contributed by atoms with Gasteiger partial charge in [-0.1, -0.05) is 13.3 Å². The lowest BCUT2D eigenvalue weighted by atomic mass is 9.73. The molecule has 19 heavy (non-hydrogen) atoms. The molecular formula is C12H19N3O3S. The summed E-state index contributed by atoms with van der Waals surface area (Å²) in [5.74, 6) is -0.187. The number of hydrogen-bond donors (Lipinski definition) is 2. The number of aliphatic hydroxyl groups is 1. The van der Waals surface area contributed by atoms with E-state index in [4.69, 9.17) is 0 Å². The third-order valence-corrected chi connectivity index (χ3v) is 4.64. The zero-order valence-electron chi connectivity index (χ0n) is 11.2. The van der Waals surface area contributed by atoms with Crippen molar-refractivity contribution >= 4 is 22.6 Å². The lowest BCUT2D eigenvalue weighted by molar-refractivity contribution is -0.159. The number of hydrogen-bond acceptors (Lipinski definition) is 6. The van der Waals surface area contributed by atoms with Crippen molar-refractivity contribution in [2.75, 3.05) is 18.0 Å². The van der Waals surface area contributed by atoms with Crippen molar-refractivity contribution in [3.63, 3.8) is 0 Å². The molecule has 0 unspecified atom stereocenters. The standard InChI is InChI=1S/C12H19N3O3S/c1-3-4-12(10(17)18)5-6-15(7-9(12)16)11-13-8(2)14-19-11/h9,16H,3-7H2,1-2H3,(H,17,18)/t9-,12-/m0/s1. The Morgan fingerprint density at radius 3 is 2.84 bits per heavy atom. The Morgan fingerprint density at radius 2 is 2.37 bits per heavy atom. The number of aryl methyl sites for hydroxylation is 1. The van der Waals surface area contributed by atoms with E-state index in [1.54, 1.807) is 0 Å². The topological polar surface area (TPSA) is 86.5 Å². The van der Waals surface area contributed by atoms with Gasteiger partial charge in [0.05, 0.1) is 11.5 Å². The van der Waals surface area contributed by atoms with Crippen molar-refractivity contribution in [3.05, 3.63) is 5.82 Å². The van der Waals surface area contributed by atoms with E-state index in [1.807, 2.05) is 18.7 Å². The Morgan fingerprint density at radius 1 is 1.63 bits per heavy atom. The Kier molecular flexibility index (Phi) is 4.05. The van der Waals surface area contributed by atoms with Gasteiger partial charge in [0, 0.05) is 24.6 Å². The monoisotopic (exact) mass is 285 g/mol. The van der Waals surface area contributed by atoms with Crippen LogP contribution in [0.5, 0.6) is 0 Å². The number of nitrogens with zero attached hydrogens (tertiary/aromatic N) is 3. The molecule has 1 aromatic heterocycles. The maximum Gasteiger partial charge on any atom is 0.312 e. The highest BCUT2D eigenvalue weighted by Crippen LogP contribution is 2.38. The molecule has 0 amide bonds. The first-order valence-corrected chi connectivity index (χ1v) is 7.23. The van der Waals surface area contributed by atoms with Crippen LogP contribution >= 0.6 is 11.5 Å². The van der Waals surface area contributed by atoms with Crippen LogP contribution in [0.25, 0.3) is 0 Å². The fourth-order valence-electron chi connectivity index (χ4n) is 2.66. The van der Waals surface area contributed by atoms with E-state index in [0.717, 1.165) is 11.6 Å². The van der Waals surface area contributed by atoms with Gasteiger partial charge in [0.15, 0.2) is 0 Å². The van der Waals surface area contributed by atoms with Gasteiger partial charge < -0.3 is 15.1 Å². The number of aromatic nitrogens is 2. The number of β-amino-alcohol motifs (C(OH)–C–C–N with tert-alkyl or cyclic N) is 1. The van der Waals surface area contributed by atoms with Gasteiger partial charge in [0.25, 0.3) is 0 Å². The number of anilines is 1. The lowest BCUT2D eigenvalue weighted by Gasteiger charge is -2.42. The third kappa shape index (κ3) is 2.57. The van der Waals surface area contributed by atoms with Gasteiger partial charge in [-0.25, -0.2) is 4.98 Å². The summed E-state index contributed by atoms with van der Waals surface area (Å²) in [6.07, 6.45) is 0.826. The SMILES string of the molecule is CCC[C@]1(C(=O)O)CCN(c2nc(C)ns2)C[C@@H]1O. The van der Waals surface area contributed by atoms with Gasteiger partial charge in [-0.3, -0.25) is 4.79 Å². The largest absolute Gasteiger partial charge is 0.481 e. The molecule has 0 spiro atoms. The number of aliphatic hydroxyl groups excluding tert-OH is 1. The minimum atomic E-state index is -1.01. The van der Waals surface area contributed by atoms with Gasteiger partial charge >= 0.3 is 5.97 Å². The predicted octanol–water partition coefficient (Wildman–Crippen LogP) is 1.29. The van der Waals surface area contributed by atoms with Gasteiger partial charge in [-0.05, 0) is 19.8 Å². The quantitative estimate of drug-likeness (QED) is 0.867. The van der Waals surface area contributed by atoms with E-state index in [-0.39, 0.29) is 0 Å². The van der Waals surface area contributed by atoms with E-state index in [2.05, 4.69) is 9.36 Å². The summed E-state index contributed by atoms with van der Waals surface area (Å²) < 4.78 is 4.12. The Hall–Kier alpha value is -1.21. The minimum Gasteiger partial charge on any atom is -0.481 e. The van der Waals surface area contributed by atoms with Crippen molar-refractivity contribution < 1.29 is 15.0 Å². The number of carbonyl (C=O) groups is 1. The summed E-state index contributed by atoms with van der Waals surface area (Å²) in [5.41, 5.74) is -1.01. The Bertz CT molecular complexity index is 465. The normalized spacial score (nSPS) is 27.5. The summed E-state index contributed by atoms with van der Waals surface area (Å²) in [5, 5.41) is 20.5. The molecule has 1 aliphatic heterocycles. The van der Waals surface area contributed by atoms with Gasteiger partial charge in [0.2, 0.25) is 5.13 Å². The number of piperidine rings is 1. The van der Waals surface area contributed by atoms with E-state index in [9.17, 15) is 15.0 Å². The van der Waals surface area contributed by atoms with Gasteiger partial charge in [0.1, 0.15) is 5.82 Å². The van der Waals surface area contributed by atoms with Crippen LogP contribution in [-0.4, -0.2) is 44.7 Å². The van der Waals surface area contributed by atoms with Gasteiger partial charge in [-0.2, -0.15) is 4.37 Å². The van der Waals surface area contributed by atoms with Crippen molar-refractivity contribution in [2.45, 2.75) is 39.2 Å². The average Bonchev–Trinajstić information content (AvgIpc) is 2.78. The highest BCUT2D eigenvalue weighted by molar-refractivity contribution is 7.09. The molecule has 1 aromatic rings. The fourth-order valence-corrected chi connectivity index (χ4v) is 3.37. The van der Waals surface area contributed by atoms with Crippen LogP contribution in [0.2, 0.25) is 0 Å². The molecule has 2 atom stereocenters. The average molecular weight is 285 g/mol. The summed E-state index contributed by atoms with van der Waals surface area (Å²) in [6.45, 7) is 4.66. The Labute approximate surface area is 116 Å². The molecule has 0 saturated carbocycles. The summed E-state index contributed by atoms with van der Waals surface area (Å²) in [6, 6.07) is 0. The van der Waals surface area contributed by atoms with Crippen LogP contribution < -0.4 is 4.90 Å². The van der Waals surface area contributed by atoms with E-state index >= 15 is 0 Å². The zero-order chi connectivity index (χ0) is 14.0. The number of aliphatic carboxylic acids is 1. The van der Waals surface area contributed by atoms with Crippen molar-refractivity contribution in [2.24, 2.45) is 5.41 Å². The molecule has 6 nitrogen and oxygen atoms in total. The van der Waals surface area contributed by atoms with Crippen LogP contribution in [0, 0.1) is 12.3 Å². The molecule has 2 rings (SSSR count). The molecule has 1 saturated heterocycles. The van der Waals surface area contributed by atoms with Crippen LogP contribution in [0.4, 0.5) is 5.13 Å². The number of carboxylic acids is 1. The van der Waals surface area contributed by atoms with E-state index < -0.39 is 17.5 Å². The smallest absolute Gasteiger partial charge is 0.312 e. The molecule has 2 heterocycles. The summed E-state index contributed by atoms with van der Waals surface area (Å²) in [7, 11) is 0. The molecular weight excluding hydrogens is 266 g/mol. The predicted molar refractivity (Wildman–Crippen MR) is 72.5 cm³/mol. The first kappa shape index (κ1) is 14.2. The summed E-state index contributed by atoms with van der Waals surface area (Å²) in [4.78, 5) is 17.7. The van der Waals surface area contributed by atoms with Crippen molar-refractivity contribution in [1.29, 1.82) is 0 Å². The zero-order valence-corrected chi connectivity index (χ0v) is 12.0. The Balaban J connectivity index is 2.14. The molecule has 0 aliphatic carbocycles. The molecule has 106 valence electrons. The minimum absolute atomic E-state index is 0.306. The van der Waals surface area contributed by atoms with Crippen molar-refractivity contribution in [3.8, 4) is 0 Å². The highest BCUT2D eigenvalue weighted by Gasteiger charge is 2.48. The van der Waals surface area contributed by atoms with E-state index in [1.165, 1.54) is 11.5 Å². The van der Waals surface area contributed by atoms with Crippen molar-refractivity contribution in [1.82, 2.24) is 9.36 Å². The highest BCUT2D eigenvalue weighted by atomic mass is 32.1. The second-order valence-corrected chi connectivity index (χ2v) is 5.78. The van der Waals surface area contributed by atoms with Crippen LogP contribution in [0.1, 0.15) is 32.0 Å². The second-order valence-electron chi connectivity index (χ2n) is 5.05. The molecule has 7 heteroatoms. The van der Waals surface area contributed by atoms with Crippen LogP contribution in [-0.2, 0) is 4.79 Å². The molecule has 0 bridgehead atoms. The lowest BCUT2D eigenvalue weighted by Crippen LogP contribution is -2.54. The molecule has 1 aliphatic rings. The molecule has 0 radical (unpaired) electrons. The first-order valence-electron chi connectivity index (χ1n) is 6.46. The molecule has 2 N–H and O–H groups in total. The van der Waals surface area contributed by atoms with Gasteiger partial charge in [-0.15, -0.1) is 0 Å². The van der Waals surface area contributed by atoms with E-state index in [0.29, 0.717) is 31.8 Å². The fraction of sp³-hybridized carbons (Fsp3) is 0.750. The molecule has 1 fully saturated rings.